The van der Waals surface area contributed by atoms with E-state index in [1.165, 1.54) is 15.7 Å². The first-order valence-corrected chi connectivity index (χ1v) is 9.20. The summed E-state index contributed by atoms with van der Waals surface area (Å²) in [6.45, 7) is 5.91. The summed E-state index contributed by atoms with van der Waals surface area (Å²) in [5.41, 5.74) is 13.7. The lowest BCUT2D eigenvalue weighted by atomic mass is 10.1. The lowest BCUT2D eigenvalue weighted by Gasteiger charge is -2.12. The highest BCUT2D eigenvalue weighted by molar-refractivity contribution is 5.93. The van der Waals surface area contributed by atoms with Gasteiger partial charge in [0.2, 0.25) is 11.6 Å². The van der Waals surface area contributed by atoms with Crippen LogP contribution in [0.5, 0.6) is 0 Å². The molecule has 1 amide bonds. The standard InChI is InChI=1S/C17H18N12O2/c1-3-5-13-14(21-26-29(13)16-15(18)23-31-24-16)17(30)22-20-10(2)11-6-4-7-12(8-11)28-9-19-25-27-28/h4,6-9,20H,2-3,5H2,1H3,(H2,18,23)(H,22,30). The molecule has 0 radical (unpaired) electrons. The van der Waals surface area contributed by atoms with Gasteiger partial charge in [-0.25, -0.2) is 9.31 Å². The van der Waals surface area contributed by atoms with Crippen molar-refractivity contribution in [3.05, 3.63) is 54.1 Å². The number of aromatic nitrogens is 9. The molecule has 1 aromatic carbocycles. The smallest absolute Gasteiger partial charge is 0.292 e. The van der Waals surface area contributed by atoms with Gasteiger partial charge in [-0.1, -0.05) is 37.3 Å². The fraction of sp³-hybridized carbons (Fsp3) is 0.176. The van der Waals surface area contributed by atoms with Crippen LogP contribution in [0, 0.1) is 0 Å². The quantitative estimate of drug-likeness (QED) is 0.327. The number of amides is 1. The number of hydrazine groups is 1. The van der Waals surface area contributed by atoms with Crippen LogP contribution in [0.4, 0.5) is 5.82 Å². The van der Waals surface area contributed by atoms with E-state index >= 15 is 0 Å². The van der Waals surface area contributed by atoms with E-state index in [-0.39, 0.29) is 17.3 Å². The van der Waals surface area contributed by atoms with Crippen LogP contribution in [0.2, 0.25) is 0 Å². The van der Waals surface area contributed by atoms with Crippen molar-refractivity contribution in [1.82, 2.24) is 56.4 Å². The van der Waals surface area contributed by atoms with E-state index in [1.807, 2.05) is 31.2 Å². The number of anilines is 1. The normalized spacial score (nSPS) is 10.7. The average molecular weight is 422 g/mol. The number of benzene rings is 1. The van der Waals surface area contributed by atoms with E-state index in [2.05, 4.69) is 58.2 Å². The third-order valence-corrected chi connectivity index (χ3v) is 4.30. The molecule has 0 aliphatic rings. The summed E-state index contributed by atoms with van der Waals surface area (Å²) in [7, 11) is 0. The van der Waals surface area contributed by atoms with Crippen molar-refractivity contribution in [3.8, 4) is 11.5 Å². The molecular weight excluding hydrogens is 404 g/mol. The van der Waals surface area contributed by atoms with Gasteiger partial charge in [0.15, 0.2) is 5.69 Å². The van der Waals surface area contributed by atoms with Gasteiger partial charge in [0.25, 0.3) is 5.91 Å². The maximum Gasteiger partial charge on any atom is 0.292 e. The summed E-state index contributed by atoms with van der Waals surface area (Å²) < 4.78 is 7.47. The molecule has 0 aliphatic heterocycles. The first kappa shape index (κ1) is 19.7. The molecule has 158 valence electrons. The van der Waals surface area contributed by atoms with Crippen molar-refractivity contribution in [2.45, 2.75) is 19.8 Å². The Labute approximate surface area is 175 Å². The second-order valence-electron chi connectivity index (χ2n) is 6.38. The first-order chi connectivity index (χ1) is 15.1. The Bertz CT molecular complexity index is 1210. The van der Waals surface area contributed by atoms with E-state index in [0.717, 1.165) is 17.7 Å². The van der Waals surface area contributed by atoms with Crippen molar-refractivity contribution in [2.24, 2.45) is 0 Å². The zero-order valence-corrected chi connectivity index (χ0v) is 16.4. The van der Waals surface area contributed by atoms with Gasteiger partial charge < -0.3 is 5.73 Å². The van der Waals surface area contributed by atoms with Crippen molar-refractivity contribution >= 4 is 17.4 Å². The Morgan fingerprint density at radius 1 is 1.26 bits per heavy atom. The average Bonchev–Trinajstić information content (AvgIpc) is 3.53. The zero-order chi connectivity index (χ0) is 21.8. The molecule has 14 heteroatoms. The largest absolute Gasteiger partial charge is 0.378 e. The predicted molar refractivity (Wildman–Crippen MR) is 106 cm³/mol. The second-order valence-corrected chi connectivity index (χ2v) is 6.38. The Hall–Kier alpha value is -4.62. The van der Waals surface area contributed by atoms with Gasteiger partial charge in [-0.15, -0.1) is 10.2 Å². The minimum Gasteiger partial charge on any atom is -0.378 e. The molecule has 31 heavy (non-hydrogen) atoms. The molecule has 14 nitrogen and oxygen atoms in total. The molecule has 4 N–H and O–H groups in total. The van der Waals surface area contributed by atoms with Crippen LogP contribution in [-0.2, 0) is 6.42 Å². The number of rotatable bonds is 8. The van der Waals surface area contributed by atoms with Gasteiger partial charge in [0.05, 0.1) is 17.1 Å². The first-order valence-electron chi connectivity index (χ1n) is 9.20. The van der Waals surface area contributed by atoms with E-state index in [4.69, 9.17) is 5.73 Å². The number of carbonyl (C=O) groups excluding carboxylic acids is 1. The van der Waals surface area contributed by atoms with Crippen LogP contribution in [0.25, 0.3) is 17.2 Å². The van der Waals surface area contributed by atoms with Crippen LogP contribution >= 0.6 is 0 Å². The van der Waals surface area contributed by atoms with Gasteiger partial charge in [-0.05, 0) is 39.3 Å². The summed E-state index contributed by atoms with van der Waals surface area (Å²) in [5.74, 6) is -0.280. The number of carbonyl (C=O) groups is 1. The predicted octanol–water partition coefficient (Wildman–Crippen LogP) is 0.0660. The Kier molecular flexibility index (Phi) is 5.33. The summed E-state index contributed by atoms with van der Waals surface area (Å²) in [4.78, 5) is 12.7. The lowest BCUT2D eigenvalue weighted by Crippen LogP contribution is -2.36. The number of hydrogen-bond donors (Lipinski definition) is 3. The molecule has 0 atom stereocenters. The fourth-order valence-electron chi connectivity index (χ4n) is 2.83. The zero-order valence-electron chi connectivity index (χ0n) is 16.4. The molecule has 0 spiro atoms. The van der Waals surface area contributed by atoms with Gasteiger partial charge in [-0.3, -0.25) is 15.6 Å². The minimum absolute atomic E-state index is 0.0446. The highest BCUT2D eigenvalue weighted by Gasteiger charge is 2.23. The second kappa shape index (κ2) is 8.40. The third kappa shape index (κ3) is 3.93. The highest BCUT2D eigenvalue weighted by atomic mass is 16.6. The van der Waals surface area contributed by atoms with E-state index in [1.54, 1.807) is 0 Å². The molecule has 3 heterocycles. The van der Waals surface area contributed by atoms with Gasteiger partial charge in [0.1, 0.15) is 6.33 Å². The lowest BCUT2D eigenvalue weighted by molar-refractivity contribution is 0.0936. The molecule has 0 unspecified atom stereocenters. The summed E-state index contributed by atoms with van der Waals surface area (Å²) >= 11 is 0. The molecule has 4 aromatic rings. The molecule has 0 saturated carbocycles. The summed E-state index contributed by atoms with van der Waals surface area (Å²) in [5, 5.41) is 26.3. The van der Waals surface area contributed by atoms with Crippen molar-refractivity contribution < 1.29 is 9.42 Å². The van der Waals surface area contributed by atoms with E-state index < -0.39 is 5.91 Å². The number of nitrogens with zero attached hydrogens (tertiary/aromatic N) is 9. The van der Waals surface area contributed by atoms with Crippen molar-refractivity contribution in [2.75, 3.05) is 5.73 Å². The third-order valence-electron chi connectivity index (χ3n) is 4.30. The number of hydrogen-bond acceptors (Lipinski definition) is 11. The Morgan fingerprint density at radius 2 is 2.13 bits per heavy atom. The molecule has 0 fully saturated rings. The van der Waals surface area contributed by atoms with E-state index in [0.29, 0.717) is 17.8 Å². The van der Waals surface area contributed by atoms with Crippen molar-refractivity contribution in [1.29, 1.82) is 0 Å². The van der Waals surface area contributed by atoms with Crippen LogP contribution in [0.15, 0.2) is 41.8 Å². The highest BCUT2D eigenvalue weighted by Crippen LogP contribution is 2.17. The topological polar surface area (TPSA) is 180 Å². The molecule has 4 rings (SSSR count). The Balaban J connectivity index is 1.49. The molecular formula is C17H18N12O2. The van der Waals surface area contributed by atoms with E-state index in [9.17, 15) is 4.79 Å². The minimum atomic E-state index is -0.498. The van der Waals surface area contributed by atoms with Crippen LogP contribution in [0.1, 0.15) is 35.1 Å². The Morgan fingerprint density at radius 3 is 2.84 bits per heavy atom. The molecule has 0 aliphatic carbocycles. The fourth-order valence-corrected chi connectivity index (χ4v) is 2.83. The maximum absolute atomic E-state index is 12.7. The van der Waals surface area contributed by atoms with Crippen molar-refractivity contribution in [3.63, 3.8) is 0 Å². The van der Waals surface area contributed by atoms with Gasteiger partial charge >= 0.3 is 0 Å². The molecule has 3 aromatic heterocycles. The number of tetrazole rings is 1. The monoisotopic (exact) mass is 422 g/mol. The van der Waals surface area contributed by atoms with Crippen LogP contribution < -0.4 is 16.6 Å². The van der Waals surface area contributed by atoms with Gasteiger partial charge in [0, 0.05) is 5.56 Å². The van der Waals surface area contributed by atoms with Gasteiger partial charge in [-0.2, -0.15) is 4.68 Å². The summed E-state index contributed by atoms with van der Waals surface area (Å²) in [6.07, 6.45) is 2.73. The maximum atomic E-state index is 12.7. The molecule has 0 saturated heterocycles. The SMILES string of the molecule is C=C(NNC(=O)c1nnn(-c2nonc2N)c1CCC)c1cccc(-n2cnnn2)c1. The van der Waals surface area contributed by atoms with Crippen LogP contribution in [0.3, 0.4) is 0 Å². The number of nitrogen functional groups attached to an aromatic ring is 1. The number of nitrogens with two attached hydrogens (primary N) is 1. The van der Waals surface area contributed by atoms with Crippen LogP contribution in [-0.4, -0.2) is 51.4 Å². The summed E-state index contributed by atoms with van der Waals surface area (Å²) in [6, 6.07) is 7.30. The number of nitrogens with one attached hydrogen (secondary N) is 2. The molecule has 0 bridgehead atoms.